The average Bonchev–Trinajstić information content (AvgIpc) is 2.94. The van der Waals surface area contributed by atoms with Gasteiger partial charge in [-0.25, -0.2) is 15.0 Å². The standard InChI is InChI=1S/C27H33N9O2/c1-28-26(38)23-4-3-22-13-20(23)17-35-9-11-36(12-10-35)18-25(37)30-6-2-7-31-27-32-15-21(16-33-27)19-5-8-29-24(14-19)34-22/h3-5,8,13-16H,2,6-7,9-12,17-18H2,1H3,(H,28,38)(H,29,34)(H,30,37)(H,31,32,33). The second-order valence-corrected chi connectivity index (χ2v) is 9.48. The molecule has 4 N–H and O–H groups in total. The van der Waals surface area contributed by atoms with Gasteiger partial charge in [-0.05, 0) is 47.9 Å². The van der Waals surface area contributed by atoms with Crippen LogP contribution in [-0.2, 0) is 11.3 Å². The van der Waals surface area contributed by atoms with Crippen molar-refractivity contribution in [2.45, 2.75) is 13.0 Å². The molecular weight excluding hydrogens is 482 g/mol. The van der Waals surface area contributed by atoms with E-state index >= 15 is 0 Å². The summed E-state index contributed by atoms with van der Waals surface area (Å²) in [5.41, 5.74) is 4.25. The topological polar surface area (TPSA) is 127 Å². The number of nitrogens with one attached hydrogen (secondary N) is 4. The molecule has 11 heteroatoms. The normalized spacial score (nSPS) is 20.1. The van der Waals surface area contributed by atoms with Crippen LogP contribution < -0.4 is 21.3 Å². The van der Waals surface area contributed by atoms with E-state index in [-0.39, 0.29) is 11.8 Å². The molecule has 0 radical (unpaired) electrons. The lowest BCUT2D eigenvalue weighted by atomic mass is 10.0. The van der Waals surface area contributed by atoms with E-state index in [0.29, 0.717) is 43.5 Å². The van der Waals surface area contributed by atoms with Gasteiger partial charge in [-0.3, -0.25) is 19.4 Å². The highest BCUT2D eigenvalue weighted by atomic mass is 16.2. The Kier molecular flexibility index (Phi) is 8.05. The van der Waals surface area contributed by atoms with Gasteiger partial charge in [0.05, 0.1) is 6.54 Å². The minimum absolute atomic E-state index is 0.0356. The Bertz CT molecular complexity index is 1270. The molecule has 2 amide bonds. The molecule has 8 bridgehead atoms. The van der Waals surface area contributed by atoms with Gasteiger partial charge in [-0.2, -0.15) is 0 Å². The Labute approximate surface area is 222 Å². The zero-order chi connectivity index (χ0) is 26.3. The monoisotopic (exact) mass is 515 g/mol. The first-order valence-corrected chi connectivity index (χ1v) is 12.9. The van der Waals surface area contributed by atoms with Crippen molar-refractivity contribution in [2.24, 2.45) is 0 Å². The molecule has 2 aromatic heterocycles. The lowest BCUT2D eigenvalue weighted by molar-refractivity contribution is -0.122. The smallest absolute Gasteiger partial charge is 0.251 e. The summed E-state index contributed by atoms with van der Waals surface area (Å²) in [4.78, 5) is 42.9. The Hall–Kier alpha value is -4.09. The highest BCUT2D eigenvalue weighted by molar-refractivity contribution is 5.96. The lowest BCUT2D eigenvalue weighted by Gasteiger charge is -2.34. The fourth-order valence-corrected chi connectivity index (χ4v) is 4.68. The van der Waals surface area contributed by atoms with Gasteiger partial charge in [-0.15, -0.1) is 0 Å². The molecule has 11 nitrogen and oxygen atoms in total. The summed E-state index contributed by atoms with van der Waals surface area (Å²) in [7, 11) is 1.64. The van der Waals surface area contributed by atoms with Crippen molar-refractivity contribution in [3.05, 3.63) is 60.0 Å². The summed E-state index contributed by atoms with van der Waals surface area (Å²) in [5, 5.41) is 12.3. The van der Waals surface area contributed by atoms with Crippen LogP contribution in [0.2, 0.25) is 0 Å². The van der Waals surface area contributed by atoms with Crippen molar-refractivity contribution in [1.29, 1.82) is 0 Å². The van der Waals surface area contributed by atoms with Crippen molar-refractivity contribution in [3.63, 3.8) is 0 Å². The van der Waals surface area contributed by atoms with E-state index in [1.165, 1.54) is 0 Å². The van der Waals surface area contributed by atoms with Crippen LogP contribution in [0.1, 0.15) is 22.3 Å². The van der Waals surface area contributed by atoms with E-state index in [2.05, 4.69) is 46.0 Å². The van der Waals surface area contributed by atoms with Crippen molar-refractivity contribution >= 4 is 29.3 Å². The molecule has 0 aliphatic carbocycles. The van der Waals surface area contributed by atoms with E-state index in [0.717, 1.165) is 55.0 Å². The molecule has 0 atom stereocenters. The molecule has 1 fully saturated rings. The van der Waals surface area contributed by atoms with Crippen LogP contribution in [-0.4, -0.2) is 89.4 Å². The van der Waals surface area contributed by atoms with Gasteiger partial charge >= 0.3 is 0 Å². The fourth-order valence-electron chi connectivity index (χ4n) is 4.68. The molecule has 1 saturated heterocycles. The van der Waals surface area contributed by atoms with Crippen LogP contribution in [0.3, 0.4) is 0 Å². The summed E-state index contributed by atoms with van der Waals surface area (Å²) in [6.07, 6.45) is 6.08. The molecule has 5 aliphatic heterocycles. The Balaban J connectivity index is 1.42. The third-order valence-electron chi connectivity index (χ3n) is 6.78. The van der Waals surface area contributed by atoms with Crippen LogP contribution >= 0.6 is 0 Å². The number of hydrogen-bond donors (Lipinski definition) is 4. The van der Waals surface area contributed by atoms with E-state index in [1.54, 1.807) is 25.6 Å². The molecule has 1 aromatic carbocycles. The second kappa shape index (κ2) is 12.0. The lowest BCUT2D eigenvalue weighted by Crippen LogP contribution is -2.49. The maximum atomic E-state index is 12.6. The van der Waals surface area contributed by atoms with Crippen LogP contribution in [0.5, 0.6) is 0 Å². The number of anilines is 3. The number of piperazine rings is 1. The number of benzene rings is 1. The second-order valence-electron chi connectivity index (χ2n) is 9.48. The summed E-state index contributed by atoms with van der Waals surface area (Å²) >= 11 is 0. The van der Waals surface area contributed by atoms with E-state index in [1.807, 2.05) is 30.3 Å². The Morgan fingerprint density at radius 1 is 0.895 bits per heavy atom. The summed E-state index contributed by atoms with van der Waals surface area (Å²) in [5.74, 6) is 1.16. The van der Waals surface area contributed by atoms with Gasteiger partial charge in [-0.1, -0.05) is 0 Å². The van der Waals surface area contributed by atoms with Gasteiger partial charge in [0.1, 0.15) is 5.82 Å². The highest BCUT2D eigenvalue weighted by Crippen LogP contribution is 2.25. The molecule has 0 saturated carbocycles. The number of aromatic nitrogens is 3. The third-order valence-corrected chi connectivity index (χ3v) is 6.78. The quantitative estimate of drug-likeness (QED) is 0.383. The zero-order valence-electron chi connectivity index (χ0n) is 21.5. The largest absolute Gasteiger partial charge is 0.355 e. The molecule has 8 rings (SSSR count). The number of nitrogens with zero attached hydrogens (tertiary/aromatic N) is 5. The Morgan fingerprint density at radius 2 is 1.63 bits per heavy atom. The molecule has 3 aromatic rings. The van der Waals surface area contributed by atoms with Gasteiger partial charge in [0, 0.05) is 88.3 Å². The summed E-state index contributed by atoms with van der Waals surface area (Å²) < 4.78 is 0. The Morgan fingerprint density at radius 3 is 2.39 bits per heavy atom. The number of carbonyl (C=O) groups excluding carboxylic acids is 2. The summed E-state index contributed by atoms with van der Waals surface area (Å²) in [6.45, 7) is 5.53. The SMILES string of the molecule is CNC(=O)c1ccc2cc1CN1CCN(CC1)CC(=O)NCCCNc1ncc(cn1)-c1ccnc(c1)N2. The first-order valence-electron chi connectivity index (χ1n) is 12.9. The van der Waals surface area contributed by atoms with Crippen LogP contribution in [0.4, 0.5) is 17.5 Å². The molecule has 198 valence electrons. The number of carbonyl (C=O) groups is 2. The molecule has 38 heavy (non-hydrogen) atoms. The number of hydrogen-bond acceptors (Lipinski definition) is 9. The van der Waals surface area contributed by atoms with Crippen molar-refractivity contribution < 1.29 is 9.59 Å². The number of amides is 2. The van der Waals surface area contributed by atoms with E-state index in [4.69, 9.17) is 0 Å². The van der Waals surface area contributed by atoms with E-state index < -0.39 is 0 Å². The van der Waals surface area contributed by atoms with Crippen LogP contribution in [0.15, 0.2) is 48.9 Å². The van der Waals surface area contributed by atoms with Crippen molar-refractivity contribution in [1.82, 2.24) is 35.4 Å². The average molecular weight is 516 g/mol. The van der Waals surface area contributed by atoms with Crippen LogP contribution in [0, 0.1) is 0 Å². The molecule has 5 aliphatic rings. The first-order chi connectivity index (χ1) is 18.6. The summed E-state index contributed by atoms with van der Waals surface area (Å²) in [6, 6.07) is 9.63. The molecule has 0 unspecified atom stereocenters. The van der Waals surface area contributed by atoms with Crippen molar-refractivity contribution in [3.8, 4) is 11.1 Å². The van der Waals surface area contributed by atoms with Crippen LogP contribution in [0.25, 0.3) is 11.1 Å². The maximum absolute atomic E-state index is 12.6. The molecule has 7 heterocycles. The van der Waals surface area contributed by atoms with Gasteiger partial charge in [0.25, 0.3) is 5.91 Å². The predicted molar refractivity (Wildman–Crippen MR) is 146 cm³/mol. The van der Waals surface area contributed by atoms with Gasteiger partial charge in [0.2, 0.25) is 11.9 Å². The third kappa shape index (κ3) is 6.42. The first kappa shape index (κ1) is 25.6. The zero-order valence-corrected chi connectivity index (χ0v) is 21.5. The highest BCUT2D eigenvalue weighted by Gasteiger charge is 2.21. The minimum Gasteiger partial charge on any atom is -0.355 e. The minimum atomic E-state index is -0.114. The van der Waals surface area contributed by atoms with Gasteiger partial charge < -0.3 is 21.3 Å². The molecule has 0 spiro atoms. The maximum Gasteiger partial charge on any atom is 0.251 e. The number of pyridine rings is 1. The van der Waals surface area contributed by atoms with Gasteiger partial charge in [0.15, 0.2) is 0 Å². The number of rotatable bonds is 1. The van der Waals surface area contributed by atoms with E-state index in [9.17, 15) is 9.59 Å². The fraction of sp³-hybridized carbons (Fsp3) is 0.370. The predicted octanol–water partition coefficient (Wildman–Crippen LogP) is 1.69. The molecular formula is C27H33N9O2. The van der Waals surface area contributed by atoms with Crippen molar-refractivity contribution in [2.75, 3.05) is 63.5 Å².